The van der Waals surface area contributed by atoms with Crippen LogP contribution in [0.15, 0.2) is 48.7 Å². The molecule has 1 N–H and O–H groups in total. The van der Waals surface area contributed by atoms with Gasteiger partial charge in [0.15, 0.2) is 5.82 Å². The first kappa shape index (κ1) is 26.0. The third kappa shape index (κ3) is 4.16. The van der Waals surface area contributed by atoms with Gasteiger partial charge in [0.2, 0.25) is 0 Å². The molecule has 0 aliphatic carbocycles. The topological polar surface area (TPSA) is 94.9 Å². The SMILES string of the molecule is O=C(O)N1[C@@H]2CC[C@H]1CN(c1nc(OCC34CCCN3CCC4)nc3cc(-c4cccc5cccc(Cl)c45)cnc13)C2. The fourth-order valence-electron chi connectivity index (χ4n) is 8.00. The minimum absolute atomic E-state index is 0.0582. The molecule has 42 heavy (non-hydrogen) atoms. The summed E-state index contributed by atoms with van der Waals surface area (Å²) in [4.78, 5) is 33.1. The van der Waals surface area contributed by atoms with E-state index in [1.807, 2.05) is 24.4 Å². The summed E-state index contributed by atoms with van der Waals surface area (Å²) >= 11 is 6.67. The fraction of sp³-hybridized carbons (Fsp3) is 0.438. The Labute approximate surface area is 249 Å². The van der Waals surface area contributed by atoms with Crippen LogP contribution in [0.5, 0.6) is 6.01 Å². The van der Waals surface area contributed by atoms with Crippen LogP contribution in [0.4, 0.5) is 10.6 Å². The lowest BCUT2D eigenvalue weighted by atomic mass is 9.95. The maximum absolute atomic E-state index is 12.0. The van der Waals surface area contributed by atoms with E-state index in [1.54, 1.807) is 4.90 Å². The van der Waals surface area contributed by atoms with Gasteiger partial charge in [-0.1, -0.05) is 41.9 Å². The van der Waals surface area contributed by atoms with Gasteiger partial charge >= 0.3 is 12.1 Å². The van der Waals surface area contributed by atoms with E-state index in [-0.39, 0.29) is 17.6 Å². The molecule has 2 bridgehead atoms. The predicted molar refractivity (Wildman–Crippen MR) is 162 cm³/mol. The van der Waals surface area contributed by atoms with Crippen molar-refractivity contribution in [3.8, 4) is 17.1 Å². The van der Waals surface area contributed by atoms with Crippen LogP contribution in [0.2, 0.25) is 5.02 Å². The van der Waals surface area contributed by atoms with E-state index in [4.69, 9.17) is 31.3 Å². The van der Waals surface area contributed by atoms with E-state index in [9.17, 15) is 9.90 Å². The van der Waals surface area contributed by atoms with Crippen molar-refractivity contribution in [2.24, 2.45) is 0 Å². The number of rotatable bonds is 5. The first-order chi connectivity index (χ1) is 20.5. The standard InChI is InChI=1S/C32H33ClN6O3/c33-25-8-2-6-20-5-1-7-24(27(20)25)21-15-26-28(34-16-21)29(37-17-22-9-10-23(18-37)39(22)31(40)41)36-30(35-26)42-19-32-11-3-13-38(32)14-4-12-32/h1-2,5-8,15-16,22-23H,3-4,9-14,17-19H2,(H,40,41)/t22-,23+. The van der Waals surface area contributed by atoms with E-state index in [1.165, 1.54) is 12.8 Å². The van der Waals surface area contributed by atoms with Gasteiger partial charge in [0.1, 0.15) is 12.1 Å². The second-order valence-corrected chi connectivity index (χ2v) is 12.7. The molecule has 0 unspecified atom stereocenters. The lowest BCUT2D eigenvalue weighted by molar-refractivity contribution is 0.107. The highest BCUT2D eigenvalue weighted by Gasteiger charge is 2.46. The molecule has 216 valence electrons. The molecule has 2 atom stereocenters. The number of pyridine rings is 1. The number of hydrogen-bond acceptors (Lipinski definition) is 7. The van der Waals surface area contributed by atoms with Crippen LogP contribution in [-0.4, -0.2) is 86.4 Å². The molecular formula is C32H33ClN6O3. The van der Waals surface area contributed by atoms with Gasteiger partial charge in [-0.05, 0) is 74.7 Å². The normalized spacial score (nSPS) is 23.2. The van der Waals surface area contributed by atoms with Crippen LogP contribution < -0.4 is 9.64 Å². The summed E-state index contributed by atoms with van der Waals surface area (Å²) in [6.07, 6.45) is 7.42. The highest BCUT2D eigenvalue weighted by atomic mass is 35.5. The molecule has 10 heteroatoms. The van der Waals surface area contributed by atoms with Crippen molar-refractivity contribution in [2.45, 2.75) is 56.1 Å². The monoisotopic (exact) mass is 584 g/mol. The van der Waals surface area contributed by atoms with Crippen LogP contribution in [-0.2, 0) is 0 Å². The number of benzene rings is 2. The van der Waals surface area contributed by atoms with Crippen LogP contribution >= 0.6 is 11.6 Å². The quantitative estimate of drug-likeness (QED) is 0.313. The molecule has 4 aromatic rings. The molecule has 4 fully saturated rings. The second kappa shape index (κ2) is 9.95. The molecule has 0 spiro atoms. The number of halogens is 1. The lowest BCUT2D eigenvalue weighted by Gasteiger charge is -2.40. The van der Waals surface area contributed by atoms with Gasteiger partial charge in [-0.15, -0.1) is 0 Å². The third-order valence-electron chi connectivity index (χ3n) is 9.95. The van der Waals surface area contributed by atoms with E-state index < -0.39 is 6.09 Å². The Kier molecular flexibility index (Phi) is 6.15. The Morgan fingerprint density at radius 2 is 1.79 bits per heavy atom. The lowest BCUT2D eigenvalue weighted by Crippen LogP contribution is -2.55. The number of ether oxygens (including phenoxy) is 1. The summed E-state index contributed by atoms with van der Waals surface area (Å²) in [6.45, 7) is 3.99. The first-order valence-electron chi connectivity index (χ1n) is 15.0. The van der Waals surface area contributed by atoms with Crippen LogP contribution in [0.3, 0.4) is 0 Å². The number of hydrogen-bond donors (Lipinski definition) is 1. The Bertz CT molecular complexity index is 1690. The van der Waals surface area contributed by atoms with Crippen LogP contribution in [0.25, 0.3) is 32.9 Å². The average Bonchev–Trinajstić information content (AvgIpc) is 3.66. The van der Waals surface area contributed by atoms with Crippen LogP contribution in [0, 0.1) is 0 Å². The molecular weight excluding hydrogens is 552 g/mol. The molecule has 4 aliphatic heterocycles. The summed E-state index contributed by atoms with van der Waals surface area (Å²) in [5.74, 6) is 0.714. The van der Waals surface area contributed by atoms with Gasteiger partial charge < -0.3 is 14.7 Å². The van der Waals surface area contributed by atoms with Crippen molar-refractivity contribution in [3.05, 3.63) is 53.7 Å². The number of nitrogens with zero attached hydrogens (tertiary/aromatic N) is 6. The zero-order valence-electron chi connectivity index (χ0n) is 23.4. The maximum atomic E-state index is 12.0. The van der Waals surface area contributed by atoms with Gasteiger partial charge in [0, 0.05) is 35.3 Å². The molecule has 2 aromatic heterocycles. The molecule has 8 rings (SSSR count). The minimum Gasteiger partial charge on any atom is -0.465 e. The molecule has 9 nitrogen and oxygen atoms in total. The number of fused-ring (bicyclic) bond motifs is 5. The number of carbonyl (C=O) groups is 1. The summed E-state index contributed by atoms with van der Waals surface area (Å²) < 4.78 is 6.45. The van der Waals surface area contributed by atoms with E-state index in [2.05, 4.69) is 34.1 Å². The summed E-state index contributed by atoms with van der Waals surface area (Å²) in [5, 5.41) is 12.6. The summed E-state index contributed by atoms with van der Waals surface area (Å²) in [6, 6.07) is 14.4. The van der Waals surface area contributed by atoms with Crippen molar-refractivity contribution < 1.29 is 14.6 Å². The smallest absolute Gasteiger partial charge is 0.407 e. The molecule has 2 aromatic carbocycles. The predicted octanol–water partition coefficient (Wildman–Crippen LogP) is 5.84. The van der Waals surface area contributed by atoms with Crippen molar-refractivity contribution in [2.75, 3.05) is 37.7 Å². The Balaban J connectivity index is 1.21. The zero-order chi connectivity index (χ0) is 28.4. The molecule has 0 radical (unpaired) electrons. The molecule has 4 saturated heterocycles. The largest absolute Gasteiger partial charge is 0.465 e. The number of carboxylic acid groups (broad SMARTS) is 1. The third-order valence-corrected chi connectivity index (χ3v) is 10.3. The highest BCUT2D eigenvalue weighted by molar-refractivity contribution is 6.36. The highest BCUT2D eigenvalue weighted by Crippen LogP contribution is 2.40. The maximum Gasteiger partial charge on any atom is 0.407 e. The molecule has 6 heterocycles. The Hall–Kier alpha value is -3.69. The number of amides is 1. The van der Waals surface area contributed by atoms with E-state index in [0.717, 1.165) is 60.7 Å². The molecule has 4 aliphatic rings. The number of piperazine rings is 1. The van der Waals surface area contributed by atoms with Gasteiger partial charge in [-0.2, -0.15) is 9.97 Å². The second-order valence-electron chi connectivity index (χ2n) is 12.3. The van der Waals surface area contributed by atoms with Gasteiger partial charge in [-0.3, -0.25) is 14.8 Å². The van der Waals surface area contributed by atoms with Crippen molar-refractivity contribution in [1.29, 1.82) is 0 Å². The Morgan fingerprint density at radius 3 is 2.52 bits per heavy atom. The Morgan fingerprint density at radius 1 is 1.05 bits per heavy atom. The first-order valence-corrected chi connectivity index (χ1v) is 15.4. The number of aromatic nitrogens is 3. The van der Waals surface area contributed by atoms with E-state index >= 15 is 0 Å². The van der Waals surface area contributed by atoms with Gasteiger partial charge in [0.25, 0.3) is 0 Å². The van der Waals surface area contributed by atoms with Gasteiger partial charge in [-0.25, -0.2) is 4.79 Å². The fourth-order valence-corrected chi connectivity index (χ4v) is 8.28. The average molecular weight is 585 g/mol. The number of anilines is 1. The van der Waals surface area contributed by atoms with Crippen molar-refractivity contribution in [3.63, 3.8) is 0 Å². The van der Waals surface area contributed by atoms with Crippen molar-refractivity contribution >= 4 is 45.3 Å². The molecule has 1 amide bonds. The molecule has 0 saturated carbocycles. The summed E-state index contributed by atoms with van der Waals surface area (Å²) in [7, 11) is 0. The zero-order valence-corrected chi connectivity index (χ0v) is 24.1. The van der Waals surface area contributed by atoms with Crippen molar-refractivity contribution in [1.82, 2.24) is 24.8 Å². The van der Waals surface area contributed by atoms with E-state index in [0.29, 0.717) is 47.6 Å². The van der Waals surface area contributed by atoms with Gasteiger partial charge in [0.05, 0.1) is 23.1 Å². The minimum atomic E-state index is -0.841. The van der Waals surface area contributed by atoms with Crippen LogP contribution in [0.1, 0.15) is 38.5 Å². The summed E-state index contributed by atoms with van der Waals surface area (Å²) in [5.41, 5.74) is 3.39.